The molecule has 3 aromatic rings. The van der Waals surface area contributed by atoms with Crippen LogP contribution in [0.25, 0.3) is 11.1 Å². The molecule has 6 nitrogen and oxygen atoms in total. The van der Waals surface area contributed by atoms with E-state index >= 15 is 0 Å². The van der Waals surface area contributed by atoms with Crippen molar-refractivity contribution in [3.8, 4) is 11.1 Å². The molecule has 0 spiro atoms. The van der Waals surface area contributed by atoms with Crippen LogP contribution in [0.15, 0.2) is 59.6 Å². The van der Waals surface area contributed by atoms with E-state index in [1.807, 2.05) is 34.5 Å². The molecular weight excluding hydrogens is 485 g/mol. The van der Waals surface area contributed by atoms with Crippen molar-refractivity contribution >= 4 is 29.0 Å². The number of thiophene rings is 1. The van der Waals surface area contributed by atoms with Crippen LogP contribution >= 0.6 is 11.3 Å². The first-order chi connectivity index (χ1) is 14.5. The highest BCUT2D eigenvalue weighted by molar-refractivity contribution is 7.07. The van der Waals surface area contributed by atoms with E-state index in [0.29, 0.717) is 11.3 Å². The average molecular weight is 506 g/mol. The van der Waals surface area contributed by atoms with Gasteiger partial charge in [-0.2, -0.15) is 11.3 Å². The second-order valence-corrected chi connectivity index (χ2v) is 7.89. The Kier molecular flexibility index (Phi) is 7.40. The van der Waals surface area contributed by atoms with Crippen molar-refractivity contribution < 1.29 is 40.3 Å². The summed E-state index contributed by atoms with van der Waals surface area (Å²) in [7, 11) is 0. The number of aromatic nitrogens is 1. The molecule has 2 aromatic heterocycles. The molecule has 2 amide bonds. The second-order valence-electron chi connectivity index (χ2n) is 7.11. The molecule has 4 rings (SSSR count). The van der Waals surface area contributed by atoms with Gasteiger partial charge in [0.15, 0.2) is 18.9 Å². The Morgan fingerprint density at radius 2 is 2.06 bits per heavy atom. The Labute approximate surface area is 194 Å². The number of carbonyl (C=O) groups is 2. The van der Waals surface area contributed by atoms with E-state index in [2.05, 4.69) is 16.8 Å². The lowest BCUT2D eigenvalue weighted by atomic mass is 10.1. The summed E-state index contributed by atoms with van der Waals surface area (Å²) < 4.78 is 22.1. The molecule has 0 aliphatic carbocycles. The molecule has 0 bridgehead atoms. The van der Waals surface area contributed by atoms with Gasteiger partial charge in [0.2, 0.25) is 5.91 Å². The number of hydrogen-bond acceptors (Lipinski definition) is 4. The minimum atomic E-state index is -0.549. The average Bonchev–Trinajstić information content (AvgIpc) is 3.36. The number of hydrogen-bond donors (Lipinski definition) is 1. The van der Waals surface area contributed by atoms with Crippen LogP contribution in [0.4, 0.5) is 14.9 Å². The maximum Gasteiger partial charge on any atom is 0.414 e. The van der Waals surface area contributed by atoms with Crippen LogP contribution in [-0.4, -0.2) is 31.2 Å². The first-order valence-electron chi connectivity index (χ1n) is 9.52. The number of nitrogens with one attached hydrogen (secondary N) is 1. The molecule has 0 saturated carbocycles. The minimum Gasteiger partial charge on any atom is -1.00 e. The van der Waals surface area contributed by atoms with E-state index in [9.17, 15) is 14.0 Å². The smallest absolute Gasteiger partial charge is 0.414 e. The van der Waals surface area contributed by atoms with Gasteiger partial charge in [-0.3, -0.25) is 9.69 Å². The van der Waals surface area contributed by atoms with Gasteiger partial charge in [-0.05, 0) is 35.2 Å². The summed E-state index contributed by atoms with van der Waals surface area (Å²) in [6, 6.07) is 10.5. The van der Waals surface area contributed by atoms with Crippen molar-refractivity contribution in [1.82, 2.24) is 5.32 Å². The van der Waals surface area contributed by atoms with Gasteiger partial charge in [-0.1, -0.05) is 0 Å². The Morgan fingerprint density at radius 3 is 2.71 bits per heavy atom. The Morgan fingerprint density at radius 1 is 1.29 bits per heavy atom. The molecule has 1 fully saturated rings. The summed E-state index contributed by atoms with van der Waals surface area (Å²) in [5.41, 5.74) is 2.87. The largest absolute Gasteiger partial charge is 1.00 e. The normalized spacial score (nSPS) is 15.4. The van der Waals surface area contributed by atoms with E-state index in [1.165, 1.54) is 23.5 Å². The van der Waals surface area contributed by atoms with E-state index in [0.717, 1.165) is 12.1 Å². The van der Waals surface area contributed by atoms with Crippen LogP contribution in [0, 0.1) is 5.82 Å². The fourth-order valence-corrected chi connectivity index (χ4v) is 4.00. The zero-order chi connectivity index (χ0) is 21.1. The molecule has 162 valence electrons. The van der Waals surface area contributed by atoms with Gasteiger partial charge < -0.3 is 27.0 Å². The van der Waals surface area contributed by atoms with Crippen LogP contribution in [0.5, 0.6) is 0 Å². The molecule has 0 radical (unpaired) electrons. The van der Waals surface area contributed by atoms with Gasteiger partial charge in [0.25, 0.3) is 0 Å². The summed E-state index contributed by atoms with van der Waals surface area (Å²) >= 11 is 1.66. The topological polar surface area (TPSA) is 62.5 Å². The van der Waals surface area contributed by atoms with Crippen molar-refractivity contribution in [2.75, 3.05) is 18.0 Å². The van der Waals surface area contributed by atoms with Gasteiger partial charge in [-0.25, -0.2) is 13.8 Å². The third-order valence-electron chi connectivity index (χ3n) is 4.86. The van der Waals surface area contributed by atoms with Crippen LogP contribution in [0.3, 0.4) is 0 Å². The summed E-state index contributed by atoms with van der Waals surface area (Å²) in [6.07, 6.45) is 2.83. The molecule has 3 heterocycles. The van der Waals surface area contributed by atoms with Crippen molar-refractivity contribution in [3.05, 3.63) is 70.9 Å². The highest BCUT2D eigenvalue weighted by Gasteiger charge is 2.32. The SMILES string of the molecule is CC(=O)NCC1CN(c2ccc(-c3cc[n+](Cc4ccsc4)cc3)c(F)c2)C(=O)O1.[Br-]. The Hall–Kier alpha value is -2.78. The highest BCUT2D eigenvalue weighted by Crippen LogP contribution is 2.28. The van der Waals surface area contributed by atoms with Gasteiger partial charge in [0, 0.05) is 35.6 Å². The number of carbonyl (C=O) groups excluding carboxylic acids is 2. The lowest BCUT2D eigenvalue weighted by Gasteiger charge is -2.14. The van der Waals surface area contributed by atoms with Crippen molar-refractivity contribution in [3.63, 3.8) is 0 Å². The number of ether oxygens (including phenoxy) is 1. The molecule has 1 saturated heterocycles. The Bertz CT molecular complexity index is 1060. The predicted octanol–water partition coefficient (Wildman–Crippen LogP) is 0.355. The zero-order valence-electron chi connectivity index (χ0n) is 16.8. The van der Waals surface area contributed by atoms with Gasteiger partial charge in [-0.15, -0.1) is 0 Å². The van der Waals surface area contributed by atoms with Gasteiger partial charge >= 0.3 is 6.09 Å². The highest BCUT2D eigenvalue weighted by atomic mass is 79.9. The first kappa shape index (κ1) is 22.9. The molecule has 1 N–H and O–H groups in total. The number of rotatable bonds is 6. The molecular formula is C22H21BrFN3O3S. The van der Waals surface area contributed by atoms with Crippen LogP contribution in [0.2, 0.25) is 0 Å². The van der Waals surface area contributed by atoms with Crippen molar-refractivity contribution in [1.29, 1.82) is 0 Å². The molecule has 31 heavy (non-hydrogen) atoms. The molecule has 1 aliphatic rings. The number of benzene rings is 1. The summed E-state index contributed by atoms with van der Waals surface area (Å²) in [4.78, 5) is 24.5. The third-order valence-corrected chi connectivity index (χ3v) is 5.60. The van der Waals surface area contributed by atoms with Crippen LogP contribution < -0.4 is 31.8 Å². The summed E-state index contributed by atoms with van der Waals surface area (Å²) in [5.74, 6) is -0.611. The number of pyridine rings is 1. The maximum atomic E-state index is 14.8. The van der Waals surface area contributed by atoms with E-state index in [4.69, 9.17) is 4.74 Å². The maximum absolute atomic E-state index is 14.8. The number of anilines is 1. The lowest BCUT2D eigenvalue weighted by Crippen LogP contribution is -3.00. The number of amides is 2. The van der Waals surface area contributed by atoms with Crippen LogP contribution in [0.1, 0.15) is 12.5 Å². The van der Waals surface area contributed by atoms with Gasteiger partial charge in [0.1, 0.15) is 11.9 Å². The van der Waals surface area contributed by atoms with Gasteiger partial charge in [0.05, 0.1) is 18.8 Å². The first-order valence-corrected chi connectivity index (χ1v) is 10.5. The molecule has 1 atom stereocenters. The van der Waals surface area contributed by atoms with Crippen LogP contribution in [-0.2, 0) is 16.1 Å². The molecule has 1 aromatic carbocycles. The van der Waals surface area contributed by atoms with Crippen molar-refractivity contribution in [2.24, 2.45) is 0 Å². The molecule has 1 unspecified atom stereocenters. The number of cyclic esters (lactones) is 1. The zero-order valence-corrected chi connectivity index (χ0v) is 19.2. The van der Waals surface area contributed by atoms with E-state index in [1.54, 1.807) is 23.5 Å². The number of halogens is 2. The minimum absolute atomic E-state index is 0. The fourth-order valence-electron chi connectivity index (χ4n) is 3.34. The van der Waals surface area contributed by atoms with Crippen molar-refractivity contribution in [2.45, 2.75) is 19.6 Å². The molecule has 9 heteroatoms. The lowest BCUT2D eigenvalue weighted by molar-refractivity contribution is -0.688. The predicted molar refractivity (Wildman–Crippen MR) is 112 cm³/mol. The molecule has 1 aliphatic heterocycles. The third kappa shape index (κ3) is 5.48. The standard InChI is InChI=1S/C22H20FN3O3S.BrH/c1-15(27)24-11-19-13-26(22(28)29-19)18-2-3-20(21(23)10-18)17-4-7-25(8-5-17)12-16-6-9-30-14-16;/h2-10,14,19H,11-13H2,1H3;1H. The Balaban J connectivity index is 0.00000272. The quantitative estimate of drug-likeness (QED) is 0.492. The van der Waals surface area contributed by atoms with E-state index in [-0.39, 0.29) is 36.0 Å². The summed E-state index contributed by atoms with van der Waals surface area (Å²) in [5, 5.41) is 6.76. The second kappa shape index (κ2) is 10.0. The fraction of sp³-hybridized carbons (Fsp3) is 0.227. The summed E-state index contributed by atoms with van der Waals surface area (Å²) in [6.45, 7) is 2.65. The van der Waals surface area contributed by atoms with E-state index < -0.39 is 18.0 Å². The number of nitrogens with zero attached hydrogens (tertiary/aromatic N) is 2. The monoisotopic (exact) mass is 505 g/mol.